The van der Waals surface area contributed by atoms with Crippen molar-refractivity contribution in [2.75, 3.05) is 0 Å². The Morgan fingerprint density at radius 3 is 2.12 bits per heavy atom. The molecule has 2 aromatic carbocycles. The molecule has 0 N–H and O–H groups in total. The van der Waals surface area contributed by atoms with E-state index in [-0.39, 0.29) is 12.0 Å². The highest BCUT2D eigenvalue weighted by Crippen LogP contribution is 2.13. The molecular formula is C15H12F2. The van der Waals surface area contributed by atoms with Crippen molar-refractivity contribution in [2.24, 2.45) is 0 Å². The van der Waals surface area contributed by atoms with E-state index in [0.717, 1.165) is 5.56 Å². The maximum absolute atomic E-state index is 13.3. The predicted octanol–water partition coefficient (Wildman–Crippen LogP) is 4.22. The van der Waals surface area contributed by atoms with Crippen molar-refractivity contribution >= 4 is 6.08 Å². The molecule has 2 heteroatoms. The van der Waals surface area contributed by atoms with Crippen LogP contribution in [-0.4, -0.2) is 0 Å². The Morgan fingerprint density at radius 1 is 0.824 bits per heavy atom. The zero-order valence-corrected chi connectivity index (χ0v) is 9.24. The molecule has 0 aromatic heterocycles. The molecule has 0 bridgehead atoms. The molecule has 0 aliphatic heterocycles. The van der Waals surface area contributed by atoms with E-state index in [1.54, 1.807) is 6.08 Å². The Balaban J connectivity index is 2.10. The van der Waals surface area contributed by atoms with Crippen molar-refractivity contribution in [1.29, 1.82) is 0 Å². The quantitative estimate of drug-likeness (QED) is 0.740. The Labute approximate surface area is 99.2 Å². The van der Waals surface area contributed by atoms with E-state index < -0.39 is 11.6 Å². The molecule has 0 aliphatic carbocycles. The Bertz CT molecular complexity index is 495. The third-order valence-electron chi connectivity index (χ3n) is 2.49. The van der Waals surface area contributed by atoms with Gasteiger partial charge >= 0.3 is 0 Å². The second kappa shape index (κ2) is 5.39. The third kappa shape index (κ3) is 3.00. The summed E-state index contributed by atoms with van der Waals surface area (Å²) in [4.78, 5) is 0. The van der Waals surface area contributed by atoms with Gasteiger partial charge in [-0.1, -0.05) is 48.6 Å². The summed E-state index contributed by atoms with van der Waals surface area (Å²) < 4.78 is 26.6. The predicted molar refractivity (Wildman–Crippen MR) is 65.5 cm³/mol. The van der Waals surface area contributed by atoms with Gasteiger partial charge in [0.2, 0.25) is 0 Å². The second-order valence-corrected chi connectivity index (χ2v) is 3.72. The van der Waals surface area contributed by atoms with Crippen molar-refractivity contribution in [3.05, 3.63) is 77.4 Å². The normalized spacial score (nSPS) is 10.9. The van der Waals surface area contributed by atoms with Crippen LogP contribution in [0.2, 0.25) is 0 Å². The second-order valence-electron chi connectivity index (χ2n) is 3.72. The van der Waals surface area contributed by atoms with E-state index >= 15 is 0 Å². The third-order valence-corrected chi connectivity index (χ3v) is 2.49. The zero-order chi connectivity index (χ0) is 12.1. The fraction of sp³-hybridized carbons (Fsp3) is 0.0667. The summed E-state index contributed by atoms with van der Waals surface area (Å²) in [6, 6.07) is 13.6. The van der Waals surface area contributed by atoms with Gasteiger partial charge in [0.15, 0.2) is 0 Å². The lowest BCUT2D eigenvalue weighted by molar-refractivity contribution is 0.562. The molecule has 0 saturated carbocycles. The molecule has 0 aliphatic rings. The largest absolute Gasteiger partial charge is 0.207 e. The van der Waals surface area contributed by atoms with Gasteiger partial charge in [0.25, 0.3) is 0 Å². The Morgan fingerprint density at radius 2 is 1.47 bits per heavy atom. The minimum absolute atomic E-state index is 0.111. The van der Waals surface area contributed by atoms with Crippen LogP contribution in [0.4, 0.5) is 8.78 Å². The molecule has 0 atom stereocenters. The fourth-order valence-electron chi connectivity index (χ4n) is 1.60. The number of rotatable bonds is 3. The van der Waals surface area contributed by atoms with Gasteiger partial charge in [0.1, 0.15) is 11.6 Å². The van der Waals surface area contributed by atoms with Gasteiger partial charge in [0, 0.05) is 5.56 Å². The molecule has 0 fully saturated rings. The van der Waals surface area contributed by atoms with E-state index in [4.69, 9.17) is 0 Å². The van der Waals surface area contributed by atoms with Crippen LogP contribution < -0.4 is 0 Å². The lowest BCUT2D eigenvalue weighted by Gasteiger charge is -2.00. The standard InChI is InChI=1S/C15H12F2/c16-14-10-5-11-15(17)13(14)9-4-8-12-6-2-1-3-7-12/h1-8,10-11H,9H2/b8-4+. The molecule has 0 spiro atoms. The summed E-state index contributed by atoms with van der Waals surface area (Å²) in [6.07, 6.45) is 3.87. The van der Waals surface area contributed by atoms with Crippen LogP contribution >= 0.6 is 0 Å². The van der Waals surface area contributed by atoms with Gasteiger partial charge in [-0.25, -0.2) is 8.78 Å². The molecule has 86 valence electrons. The van der Waals surface area contributed by atoms with Crippen molar-refractivity contribution in [1.82, 2.24) is 0 Å². The van der Waals surface area contributed by atoms with Gasteiger partial charge in [-0.05, 0) is 24.1 Å². The van der Waals surface area contributed by atoms with Crippen LogP contribution in [0, 0.1) is 11.6 Å². The topological polar surface area (TPSA) is 0 Å². The van der Waals surface area contributed by atoms with E-state index in [1.165, 1.54) is 18.2 Å². The van der Waals surface area contributed by atoms with E-state index in [0.29, 0.717) is 0 Å². The van der Waals surface area contributed by atoms with Gasteiger partial charge in [-0.15, -0.1) is 0 Å². The monoisotopic (exact) mass is 230 g/mol. The summed E-state index contributed by atoms with van der Waals surface area (Å²) in [5.74, 6) is -0.995. The maximum Gasteiger partial charge on any atom is 0.129 e. The van der Waals surface area contributed by atoms with E-state index in [9.17, 15) is 8.78 Å². The molecule has 0 nitrogen and oxygen atoms in total. The van der Waals surface area contributed by atoms with Crippen LogP contribution in [0.3, 0.4) is 0 Å². The summed E-state index contributed by atoms with van der Waals surface area (Å²) in [6.45, 7) is 0. The molecule has 2 aromatic rings. The molecular weight excluding hydrogens is 218 g/mol. The number of hydrogen-bond acceptors (Lipinski definition) is 0. The summed E-state index contributed by atoms with van der Waals surface area (Å²) in [5.41, 5.74) is 1.13. The zero-order valence-electron chi connectivity index (χ0n) is 9.24. The fourth-order valence-corrected chi connectivity index (χ4v) is 1.60. The van der Waals surface area contributed by atoms with Crippen LogP contribution in [-0.2, 0) is 6.42 Å². The van der Waals surface area contributed by atoms with Gasteiger partial charge in [0.05, 0.1) is 0 Å². The number of allylic oxidation sites excluding steroid dienone is 1. The average Bonchev–Trinajstić information content (AvgIpc) is 2.34. The van der Waals surface area contributed by atoms with Crippen LogP contribution in [0.25, 0.3) is 6.08 Å². The molecule has 17 heavy (non-hydrogen) atoms. The highest BCUT2D eigenvalue weighted by atomic mass is 19.1. The molecule has 0 radical (unpaired) electrons. The van der Waals surface area contributed by atoms with Crippen molar-refractivity contribution in [3.63, 3.8) is 0 Å². The summed E-state index contributed by atoms with van der Waals surface area (Å²) in [7, 11) is 0. The number of halogens is 2. The van der Waals surface area contributed by atoms with Gasteiger partial charge in [-0.3, -0.25) is 0 Å². The lowest BCUT2D eigenvalue weighted by Crippen LogP contribution is -1.92. The molecule has 0 unspecified atom stereocenters. The number of benzene rings is 2. The summed E-state index contributed by atoms with van der Waals surface area (Å²) in [5, 5.41) is 0. The minimum atomic E-state index is -0.497. The average molecular weight is 230 g/mol. The lowest BCUT2D eigenvalue weighted by atomic mass is 10.1. The highest BCUT2D eigenvalue weighted by Gasteiger charge is 2.05. The highest BCUT2D eigenvalue weighted by molar-refractivity contribution is 5.49. The first-order valence-corrected chi connectivity index (χ1v) is 5.42. The Kier molecular flexibility index (Phi) is 3.66. The first kappa shape index (κ1) is 11.5. The Hall–Kier alpha value is -1.96. The summed E-state index contributed by atoms with van der Waals surface area (Å²) >= 11 is 0. The van der Waals surface area contributed by atoms with Crippen molar-refractivity contribution < 1.29 is 8.78 Å². The van der Waals surface area contributed by atoms with Crippen molar-refractivity contribution in [3.8, 4) is 0 Å². The van der Waals surface area contributed by atoms with E-state index in [1.807, 2.05) is 36.4 Å². The number of hydrogen-bond donors (Lipinski definition) is 0. The molecule has 2 rings (SSSR count). The first-order valence-electron chi connectivity index (χ1n) is 5.42. The van der Waals surface area contributed by atoms with E-state index in [2.05, 4.69) is 0 Å². The van der Waals surface area contributed by atoms with Crippen molar-refractivity contribution in [2.45, 2.75) is 6.42 Å². The van der Waals surface area contributed by atoms with Gasteiger partial charge in [-0.2, -0.15) is 0 Å². The van der Waals surface area contributed by atoms with Crippen LogP contribution in [0.1, 0.15) is 11.1 Å². The maximum atomic E-state index is 13.3. The smallest absolute Gasteiger partial charge is 0.129 e. The molecule has 0 heterocycles. The minimum Gasteiger partial charge on any atom is -0.207 e. The molecule has 0 saturated heterocycles. The van der Waals surface area contributed by atoms with Crippen LogP contribution in [0.5, 0.6) is 0 Å². The van der Waals surface area contributed by atoms with Crippen LogP contribution in [0.15, 0.2) is 54.6 Å². The molecule has 0 amide bonds. The van der Waals surface area contributed by atoms with Gasteiger partial charge < -0.3 is 0 Å². The SMILES string of the molecule is Fc1cccc(F)c1C/C=C/c1ccccc1. The first-order chi connectivity index (χ1) is 8.27.